The highest BCUT2D eigenvalue weighted by molar-refractivity contribution is 5.96. The van der Waals surface area contributed by atoms with Gasteiger partial charge in [-0.1, -0.05) is 30.3 Å². The third-order valence-electron chi connectivity index (χ3n) is 3.59. The largest absolute Gasteiger partial charge is 0.483 e. The average Bonchev–Trinajstić information content (AvgIpc) is 2.97. The van der Waals surface area contributed by atoms with Crippen molar-refractivity contribution in [2.75, 3.05) is 18.1 Å². The van der Waals surface area contributed by atoms with Gasteiger partial charge in [0.2, 0.25) is 0 Å². The summed E-state index contributed by atoms with van der Waals surface area (Å²) in [6.45, 7) is 0.607. The Morgan fingerprint density at radius 1 is 1.14 bits per heavy atom. The summed E-state index contributed by atoms with van der Waals surface area (Å²) < 4.78 is 5.49. The number of para-hydroxylation sites is 2. The van der Waals surface area contributed by atoms with E-state index in [0.717, 1.165) is 18.4 Å². The van der Waals surface area contributed by atoms with Crippen LogP contribution in [0.15, 0.2) is 48.5 Å². The van der Waals surface area contributed by atoms with E-state index in [1.165, 1.54) is 5.56 Å². The van der Waals surface area contributed by atoms with Crippen LogP contribution in [0, 0.1) is 0 Å². The summed E-state index contributed by atoms with van der Waals surface area (Å²) >= 11 is 0. The molecule has 0 N–H and O–H groups in total. The molecule has 1 aliphatic rings. The van der Waals surface area contributed by atoms with E-state index in [1.807, 2.05) is 24.3 Å². The number of hydrogen-bond donors (Lipinski definition) is 0. The van der Waals surface area contributed by atoms with Crippen LogP contribution >= 0.6 is 0 Å². The van der Waals surface area contributed by atoms with Gasteiger partial charge in [0.1, 0.15) is 5.75 Å². The van der Waals surface area contributed by atoms with Crippen molar-refractivity contribution in [3.05, 3.63) is 59.7 Å². The summed E-state index contributed by atoms with van der Waals surface area (Å²) in [5.41, 5.74) is 2.58. The number of carbonyl (C=O) groups is 2. The Morgan fingerprint density at radius 3 is 2.76 bits per heavy atom. The van der Waals surface area contributed by atoms with Crippen LogP contribution in [-0.2, 0) is 11.2 Å². The van der Waals surface area contributed by atoms with Crippen molar-refractivity contribution in [1.29, 1.82) is 0 Å². The monoisotopic (exact) mass is 281 g/mol. The summed E-state index contributed by atoms with van der Waals surface area (Å²) in [5, 5.41) is 0. The predicted octanol–water partition coefficient (Wildman–Crippen LogP) is 2.47. The topological polar surface area (TPSA) is 46.6 Å². The zero-order valence-corrected chi connectivity index (χ0v) is 11.5. The molecule has 0 saturated heterocycles. The summed E-state index contributed by atoms with van der Waals surface area (Å²) in [5.74, 6) is 0.342. The Bertz CT molecular complexity index is 681. The van der Waals surface area contributed by atoms with Crippen LogP contribution in [0.1, 0.15) is 15.9 Å². The van der Waals surface area contributed by atoms with Gasteiger partial charge in [0.05, 0.1) is 5.56 Å². The van der Waals surface area contributed by atoms with Crippen LogP contribution in [0.2, 0.25) is 0 Å². The molecule has 21 heavy (non-hydrogen) atoms. The van der Waals surface area contributed by atoms with E-state index in [0.29, 0.717) is 17.9 Å². The van der Waals surface area contributed by atoms with Crippen molar-refractivity contribution >= 4 is 17.9 Å². The number of rotatable bonds is 4. The Kier molecular flexibility index (Phi) is 3.69. The summed E-state index contributed by atoms with van der Waals surface area (Å²) in [6, 6.07) is 14.8. The molecule has 4 heteroatoms. The molecule has 1 aliphatic heterocycles. The lowest BCUT2D eigenvalue weighted by Crippen LogP contribution is -2.33. The van der Waals surface area contributed by atoms with Gasteiger partial charge in [0.25, 0.3) is 5.91 Å². The van der Waals surface area contributed by atoms with Gasteiger partial charge in [-0.2, -0.15) is 0 Å². The van der Waals surface area contributed by atoms with Crippen molar-refractivity contribution in [1.82, 2.24) is 0 Å². The van der Waals surface area contributed by atoms with Crippen LogP contribution in [0.25, 0.3) is 0 Å². The second-order valence-electron chi connectivity index (χ2n) is 4.87. The number of fused-ring (bicyclic) bond motifs is 1. The number of nitrogens with zero attached hydrogens (tertiary/aromatic N) is 1. The molecule has 0 saturated carbocycles. The van der Waals surface area contributed by atoms with Crippen LogP contribution in [-0.4, -0.2) is 25.3 Å². The lowest BCUT2D eigenvalue weighted by atomic mass is 10.2. The fourth-order valence-electron chi connectivity index (χ4n) is 2.52. The molecule has 2 aromatic carbocycles. The first kappa shape index (κ1) is 13.4. The maximum absolute atomic E-state index is 12.3. The first-order valence-corrected chi connectivity index (χ1v) is 6.85. The fourth-order valence-corrected chi connectivity index (χ4v) is 2.52. The van der Waals surface area contributed by atoms with E-state index < -0.39 is 0 Å². The van der Waals surface area contributed by atoms with E-state index in [-0.39, 0.29) is 12.5 Å². The molecule has 0 spiro atoms. The number of carbonyl (C=O) groups excluding carboxylic acids is 2. The normalized spacial score (nSPS) is 12.9. The molecule has 2 aromatic rings. The maximum atomic E-state index is 12.3. The molecule has 1 amide bonds. The molecule has 3 rings (SSSR count). The number of ether oxygens (including phenoxy) is 1. The predicted molar refractivity (Wildman–Crippen MR) is 79.8 cm³/mol. The van der Waals surface area contributed by atoms with Crippen LogP contribution in [0.3, 0.4) is 0 Å². The third kappa shape index (κ3) is 2.65. The van der Waals surface area contributed by atoms with Crippen molar-refractivity contribution < 1.29 is 14.3 Å². The van der Waals surface area contributed by atoms with Crippen molar-refractivity contribution in [3.63, 3.8) is 0 Å². The molecular formula is C17H15NO3. The van der Waals surface area contributed by atoms with E-state index in [2.05, 4.69) is 0 Å². The molecule has 1 heterocycles. The minimum atomic E-state index is -0.0966. The van der Waals surface area contributed by atoms with Crippen LogP contribution < -0.4 is 9.64 Å². The van der Waals surface area contributed by atoms with Gasteiger partial charge in [0.15, 0.2) is 12.9 Å². The Hall–Kier alpha value is -2.62. The van der Waals surface area contributed by atoms with Crippen molar-refractivity contribution in [2.45, 2.75) is 6.42 Å². The van der Waals surface area contributed by atoms with Crippen LogP contribution in [0.4, 0.5) is 5.69 Å². The minimum Gasteiger partial charge on any atom is -0.483 e. The lowest BCUT2D eigenvalue weighted by Gasteiger charge is -2.17. The lowest BCUT2D eigenvalue weighted by molar-refractivity contribution is -0.120. The molecule has 0 bridgehead atoms. The highest BCUT2D eigenvalue weighted by atomic mass is 16.5. The molecule has 0 radical (unpaired) electrons. The number of anilines is 1. The van der Waals surface area contributed by atoms with E-state index in [1.54, 1.807) is 29.2 Å². The number of hydrogen-bond acceptors (Lipinski definition) is 3. The first-order valence-electron chi connectivity index (χ1n) is 6.85. The summed E-state index contributed by atoms with van der Waals surface area (Å²) in [4.78, 5) is 24.9. The quantitative estimate of drug-likeness (QED) is 0.809. The molecule has 0 aliphatic carbocycles. The molecule has 0 aromatic heterocycles. The zero-order valence-electron chi connectivity index (χ0n) is 11.5. The second-order valence-corrected chi connectivity index (χ2v) is 4.87. The van der Waals surface area contributed by atoms with Gasteiger partial charge in [-0.3, -0.25) is 9.59 Å². The number of benzene rings is 2. The average molecular weight is 281 g/mol. The zero-order chi connectivity index (χ0) is 14.7. The second kappa shape index (κ2) is 5.79. The van der Waals surface area contributed by atoms with E-state index >= 15 is 0 Å². The molecule has 0 unspecified atom stereocenters. The molecule has 106 valence electrons. The highest BCUT2D eigenvalue weighted by Gasteiger charge is 2.24. The first-order chi connectivity index (χ1) is 10.3. The Labute approximate surface area is 123 Å². The van der Waals surface area contributed by atoms with Crippen LogP contribution in [0.5, 0.6) is 5.75 Å². The molecular weight excluding hydrogens is 266 g/mol. The van der Waals surface area contributed by atoms with E-state index in [9.17, 15) is 9.59 Å². The Morgan fingerprint density at radius 2 is 1.90 bits per heavy atom. The molecule has 0 atom stereocenters. The Balaban J connectivity index is 1.69. The van der Waals surface area contributed by atoms with Gasteiger partial charge < -0.3 is 9.64 Å². The van der Waals surface area contributed by atoms with Gasteiger partial charge >= 0.3 is 0 Å². The number of aldehydes is 1. The molecule has 4 nitrogen and oxygen atoms in total. The van der Waals surface area contributed by atoms with Gasteiger partial charge in [-0.05, 0) is 30.2 Å². The van der Waals surface area contributed by atoms with Crippen molar-refractivity contribution in [3.8, 4) is 5.75 Å². The molecule has 0 fully saturated rings. The summed E-state index contributed by atoms with van der Waals surface area (Å²) in [6.07, 6.45) is 1.60. The van der Waals surface area contributed by atoms with Gasteiger partial charge in [0, 0.05) is 12.2 Å². The third-order valence-corrected chi connectivity index (χ3v) is 3.59. The number of amides is 1. The van der Waals surface area contributed by atoms with Gasteiger partial charge in [-0.15, -0.1) is 0 Å². The fraction of sp³-hybridized carbons (Fsp3) is 0.176. The smallest absolute Gasteiger partial charge is 0.264 e. The standard InChI is InChI=1S/C17H15NO3/c19-11-14-6-2-4-8-16(14)21-12-17(20)18-10-9-13-5-1-3-7-15(13)18/h1-8,11H,9-10,12H2. The van der Waals surface area contributed by atoms with E-state index in [4.69, 9.17) is 4.74 Å². The van der Waals surface area contributed by atoms with Gasteiger partial charge in [-0.25, -0.2) is 0 Å². The summed E-state index contributed by atoms with van der Waals surface area (Å²) in [7, 11) is 0. The SMILES string of the molecule is O=Cc1ccccc1OCC(=O)N1CCc2ccccc21. The highest BCUT2D eigenvalue weighted by Crippen LogP contribution is 2.27. The maximum Gasteiger partial charge on any atom is 0.264 e. The van der Waals surface area contributed by atoms with Crippen molar-refractivity contribution in [2.24, 2.45) is 0 Å². The minimum absolute atomic E-state index is 0.0703.